The van der Waals surface area contributed by atoms with Crippen molar-refractivity contribution in [2.24, 2.45) is 5.73 Å². The van der Waals surface area contributed by atoms with Crippen LogP contribution in [0.15, 0.2) is 18.2 Å². The van der Waals surface area contributed by atoms with Crippen LogP contribution in [0.1, 0.15) is 5.56 Å². The number of carbonyl (C=O) groups excluding carboxylic acids is 1. The van der Waals surface area contributed by atoms with Gasteiger partial charge >= 0.3 is 5.97 Å². The fraction of sp³-hybridized carbons (Fsp3) is 0.364. The molecule has 0 fully saturated rings. The number of methoxy groups -OCH3 is 1. The zero-order valence-electron chi connectivity index (χ0n) is 9.20. The van der Waals surface area contributed by atoms with Gasteiger partial charge in [-0.2, -0.15) is 0 Å². The lowest BCUT2D eigenvalue weighted by Crippen LogP contribution is -2.37. The molecule has 0 bridgehead atoms. The third kappa shape index (κ3) is 3.20. The Balaban J connectivity index is 2.55. The lowest BCUT2D eigenvalue weighted by atomic mass is 10.2. The van der Waals surface area contributed by atoms with Crippen LogP contribution in [0.4, 0.5) is 4.39 Å². The molecule has 2 N–H and O–H groups in total. The molecule has 0 saturated heterocycles. The Kier molecular flexibility index (Phi) is 4.25. The molecule has 0 aliphatic carbocycles. The van der Waals surface area contributed by atoms with Crippen LogP contribution in [0.3, 0.4) is 0 Å². The van der Waals surface area contributed by atoms with E-state index in [0.717, 1.165) is 0 Å². The molecule has 1 unspecified atom stereocenters. The first-order valence-corrected chi connectivity index (χ1v) is 4.77. The number of hydrogen-bond donors (Lipinski definition) is 1. The molecule has 1 rings (SSSR count). The number of hydrogen-bond acceptors (Lipinski definition) is 4. The number of aryl methyl sites for hydroxylation is 1. The van der Waals surface area contributed by atoms with E-state index in [1.54, 1.807) is 13.0 Å². The van der Waals surface area contributed by atoms with Crippen LogP contribution in [-0.4, -0.2) is 25.7 Å². The van der Waals surface area contributed by atoms with E-state index in [0.29, 0.717) is 11.3 Å². The first-order valence-electron chi connectivity index (χ1n) is 4.77. The van der Waals surface area contributed by atoms with Crippen molar-refractivity contribution in [2.75, 3.05) is 13.7 Å². The standard InChI is InChI=1S/C11H14FNO3/c1-7-5-8(3-4-9(7)12)16-6-10(13)11(14)15-2/h3-5,10H,6,13H2,1-2H3. The lowest BCUT2D eigenvalue weighted by Gasteiger charge is -2.11. The smallest absolute Gasteiger partial charge is 0.326 e. The van der Waals surface area contributed by atoms with Gasteiger partial charge in [0.05, 0.1) is 7.11 Å². The van der Waals surface area contributed by atoms with E-state index in [-0.39, 0.29) is 12.4 Å². The van der Waals surface area contributed by atoms with Crippen molar-refractivity contribution >= 4 is 5.97 Å². The molecule has 4 nitrogen and oxygen atoms in total. The van der Waals surface area contributed by atoms with E-state index in [4.69, 9.17) is 10.5 Å². The Morgan fingerprint density at radius 3 is 2.81 bits per heavy atom. The highest BCUT2D eigenvalue weighted by atomic mass is 19.1. The molecule has 0 heterocycles. The first-order chi connectivity index (χ1) is 7.54. The van der Waals surface area contributed by atoms with Crippen molar-refractivity contribution in [3.05, 3.63) is 29.6 Å². The van der Waals surface area contributed by atoms with Crippen molar-refractivity contribution in [2.45, 2.75) is 13.0 Å². The van der Waals surface area contributed by atoms with Gasteiger partial charge in [0.15, 0.2) is 0 Å². The average Bonchev–Trinajstić information content (AvgIpc) is 2.29. The van der Waals surface area contributed by atoms with E-state index < -0.39 is 12.0 Å². The monoisotopic (exact) mass is 227 g/mol. The zero-order valence-corrected chi connectivity index (χ0v) is 9.20. The molecule has 5 heteroatoms. The van der Waals surface area contributed by atoms with Gasteiger partial charge in [0.1, 0.15) is 24.2 Å². The molecule has 1 aromatic carbocycles. The largest absolute Gasteiger partial charge is 0.491 e. The van der Waals surface area contributed by atoms with Crippen LogP contribution < -0.4 is 10.5 Å². The maximum Gasteiger partial charge on any atom is 0.326 e. The fourth-order valence-corrected chi connectivity index (χ4v) is 1.11. The van der Waals surface area contributed by atoms with Crippen LogP contribution in [0.25, 0.3) is 0 Å². The summed E-state index contributed by atoms with van der Waals surface area (Å²) in [6, 6.07) is 3.48. The molecule has 0 amide bonds. The summed E-state index contributed by atoms with van der Waals surface area (Å²) in [5, 5.41) is 0. The van der Waals surface area contributed by atoms with E-state index >= 15 is 0 Å². The molecule has 1 atom stereocenters. The summed E-state index contributed by atoms with van der Waals surface area (Å²) in [6.45, 7) is 1.63. The number of esters is 1. The number of rotatable bonds is 4. The summed E-state index contributed by atoms with van der Waals surface area (Å²) < 4.78 is 22.6. The van der Waals surface area contributed by atoms with Crippen LogP contribution in [-0.2, 0) is 9.53 Å². The normalized spacial score (nSPS) is 12.0. The third-order valence-electron chi connectivity index (χ3n) is 2.06. The number of nitrogens with two attached hydrogens (primary N) is 1. The molecular weight excluding hydrogens is 213 g/mol. The quantitative estimate of drug-likeness (QED) is 0.780. The highest BCUT2D eigenvalue weighted by molar-refractivity contribution is 5.75. The molecular formula is C11H14FNO3. The van der Waals surface area contributed by atoms with Gasteiger partial charge in [-0.15, -0.1) is 0 Å². The highest BCUT2D eigenvalue weighted by Crippen LogP contribution is 2.15. The Morgan fingerprint density at radius 1 is 1.56 bits per heavy atom. The van der Waals surface area contributed by atoms with Gasteiger partial charge in [0.25, 0.3) is 0 Å². The average molecular weight is 227 g/mol. The lowest BCUT2D eigenvalue weighted by molar-refractivity contribution is -0.142. The number of halogens is 1. The maximum absolute atomic E-state index is 12.9. The van der Waals surface area contributed by atoms with Crippen molar-refractivity contribution in [3.63, 3.8) is 0 Å². The van der Waals surface area contributed by atoms with E-state index in [1.807, 2.05) is 0 Å². The van der Waals surface area contributed by atoms with E-state index in [9.17, 15) is 9.18 Å². The second kappa shape index (κ2) is 5.46. The van der Waals surface area contributed by atoms with Crippen LogP contribution in [0, 0.1) is 12.7 Å². The van der Waals surface area contributed by atoms with Crippen molar-refractivity contribution in [3.8, 4) is 5.75 Å². The number of carbonyl (C=O) groups is 1. The van der Waals surface area contributed by atoms with Crippen LogP contribution in [0.5, 0.6) is 5.75 Å². The van der Waals surface area contributed by atoms with Crippen molar-refractivity contribution < 1.29 is 18.7 Å². The number of benzene rings is 1. The molecule has 0 aliphatic heterocycles. The topological polar surface area (TPSA) is 61.5 Å². The molecule has 0 saturated carbocycles. The summed E-state index contributed by atoms with van der Waals surface area (Å²) in [7, 11) is 1.25. The van der Waals surface area contributed by atoms with Gasteiger partial charge in [-0.3, -0.25) is 4.79 Å². The van der Waals surface area contributed by atoms with Gasteiger partial charge < -0.3 is 15.2 Å². The summed E-state index contributed by atoms with van der Waals surface area (Å²) in [6.07, 6.45) is 0. The maximum atomic E-state index is 12.9. The molecule has 0 radical (unpaired) electrons. The Morgan fingerprint density at radius 2 is 2.25 bits per heavy atom. The summed E-state index contributed by atoms with van der Waals surface area (Å²) in [5.41, 5.74) is 5.95. The third-order valence-corrected chi connectivity index (χ3v) is 2.06. The highest BCUT2D eigenvalue weighted by Gasteiger charge is 2.14. The van der Waals surface area contributed by atoms with Gasteiger partial charge in [0, 0.05) is 0 Å². The second-order valence-electron chi connectivity index (χ2n) is 3.35. The minimum atomic E-state index is -0.838. The number of ether oxygens (including phenoxy) is 2. The van der Waals surface area contributed by atoms with Gasteiger partial charge in [-0.05, 0) is 30.7 Å². The Bertz CT molecular complexity index is 381. The van der Waals surface area contributed by atoms with Crippen LogP contribution >= 0.6 is 0 Å². The zero-order chi connectivity index (χ0) is 12.1. The Hall–Kier alpha value is -1.62. The predicted octanol–water partition coefficient (Wildman–Crippen LogP) is 1.01. The van der Waals surface area contributed by atoms with Gasteiger partial charge in [-0.25, -0.2) is 4.39 Å². The van der Waals surface area contributed by atoms with Crippen molar-refractivity contribution in [1.29, 1.82) is 0 Å². The summed E-state index contributed by atoms with van der Waals surface area (Å²) >= 11 is 0. The van der Waals surface area contributed by atoms with Crippen molar-refractivity contribution in [1.82, 2.24) is 0 Å². The van der Waals surface area contributed by atoms with Crippen LogP contribution in [0.2, 0.25) is 0 Å². The first kappa shape index (κ1) is 12.4. The molecule has 88 valence electrons. The SMILES string of the molecule is COC(=O)C(N)COc1ccc(F)c(C)c1. The van der Waals surface area contributed by atoms with E-state index in [1.165, 1.54) is 19.2 Å². The summed E-state index contributed by atoms with van der Waals surface area (Å²) in [5.74, 6) is -0.373. The fourth-order valence-electron chi connectivity index (χ4n) is 1.11. The summed E-state index contributed by atoms with van der Waals surface area (Å²) in [4.78, 5) is 11.0. The molecule has 16 heavy (non-hydrogen) atoms. The second-order valence-corrected chi connectivity index (χ2v) is 3.35. The Labute approximate surface area is 93.2 Å². The minimum absolute atomic E-state index is 0.00224. The van der Waals surface area contributed by atoms with Gasteiger partial charge in [-0.1, -0.05) is 0 Å². The van der Waals surface area contributed by atoms with E-state index in [2.05, 4.69) is 4.74 Å². The molecule has 1 aromatic rings. The molecule has 0 aliphatic rings. The predicted molar refractivity (Wildman–Crippen MR) is 56.6 cm³/mol. The molecule has 0 spiro atoms. The minimum Gasteiger partial charge on any atom is -0.491 e. The van der Waals surface area contributed by atoms with Gasteiger partial charge in [0.2, 0.25) is 0 Å². The molecule has 0 aromatic heterocycles.